The molecule has 0 aromatic heterocycles. The lowest BCUT2D eigenvalue weighted by Crippen LogP contribution is -2.25. The molecule has 1 heterocycles. The van der Waals surface area contributed by atoms with Crippen molar-refractivity contribution in [1.29, 1.82) is 0 Å². The summed E-state index contributed by atoms with van der Waals surface area (Å²) in [5.41, 5.74) is 2.44. The standard InChI is InChI=1S/C22H22N2O4S2/c1-24-21(26)19(30-22(24)29)13-14-4-7-16(8-5-14)20(25)23-11-10-15-6-9-17(27-2)18(12-15)28-3/h4-9,12-13H,10-11H2,1-3H3,(H,23,25)/b19-13+. The molecule has 0 spiro atoms. The third-order valence-corrected chi connectivity index (χ3v) is 6.09. The number of likely N-dealkylation sites (N-methyl/N-ethyl adjacent to an activating group) is 1. The maximum Gasteiger partial charge on any atom is 0.265 e. The quantitative estimate of drug-likeness (QED) is 0.523. The Bertz CT molecular complexity index is 1000. The fourth-order valence-electron chi connectivity index (χ4n) is 2.89. The van der Waals surface area contributed by atoms with E-state index in [1.165, 1.54) is 16.7 Å². The number of thiocarbonyl (C=S) groups is 1. The first-order valence-electron chi connectivity index (χ1n) is 9.23. The van der Waals surface area contributed by atoms with Crippen LogP contribution in [0.4, 0.5) is 0 Å². The first-order chi connectivity index (χ1) is 14.4. The van der Waals surface area contributed by atoms with Gasteiger partial charge in [0.25, 0.3) is 11.8 Å². The summed E-state index contributed by atoms with van der Waals surface area (Å²) in [5.74, 6) is 1.08. The molecule has 2 aromatic carbocycles. The lowest BCUT2D eigenvalue weighted by atomic mass is 10.1. The van der Waals surface area contributed by atoms with Crippen LogP contribution in [0.5, 0.6) is 11.5 Å². The van der Waals surface area contributed by atoms with Crippen molar-refractivity contribution in [2.75, 3.05) is 27.8 Å². The summed E-state index contributed by atoms with van der Waals surface area (Å²) >= 11 is 6.40. The van der Waals surface area contributed by atoms with Crippen molar-refractivity contribution in [2.45, 2.75) is 6.42 Å². The van der Waals surface area contributed by atoms with Crippen LogP contribution in [0.1, 0.15) is 21.5 Å². The Hall–Kier alpha value is -2.84. The number of carbonyl (C=O) groups is 2. The van der Waals surface area contributed by atoms with Crippen LogP contribution in [0.2, 0.25) is 0 Å². The highest BCUT2D eigenvalue weighted by molar-refractivity contribution is 8.26. The monoisotopic (exact) mass is 442 g/mol. The summed E-state index contributed by atoms with van der Waals surface area (Å²) in [6.45, 7) is 0.495. The number of rotatable bonds is 7. The zero-order valence-corrected chi connectivity index (χ0v) is 18.6. The van der Waals surface area contributed by atoms with Crippen molar-refractivity contribution in [1.82, 2.24) is 10.2 Å². The van der Waals surface area contributed by atoms with Crippen LogP contribution in [0.25, 0.3) is 6.08 Å². The number of hydrogen-bond donors (Lipinski definition) is 1. The average molecular weight is 443 g/mol. The molecular weight excluding hydrogens is 420 g/mol. The second-order valence-corrected chi connectivity index (χ2v) is 8.23. The van der Waals surface area contributed by atoms with E-state index in [4.69, 9.17) is 21.7 Å². The molecule has 3 rings (SSSR count). The molecule has 1 saturated heterocycles. The van der Waals surface area contributed by atoms with Crippen LogP contribution in [-0.2, 0) is 11.2 Å². The van der Waals surface area contributed by atoms with Crippen LogP contribution in [0, 0.1) is 0 Å². The largest absolute Gasteiger partial charge is 0.493 e. The number of thioether (sulfide) groups is 1. The summed E-state index contributed by atoms with van der Waals surface area (Å²) in [4.78, 5) is 26.5. The molecule has 1 aliphatic rings. The fraction of sp³-hybridized carbons (Fsp3) is 0.227. The van der Waals surface area contributed by atoms with Crippen LogP contribution < -0.4 is 14.8 Å². The Morgan fingerprint density at radius 3 is 2.43 bits per heavy atom. The zero-order chi connectivity index (χ0) is 21.7. The van der Waals surface area contributed by atoms with Crippen LogP contribution in [0.3, 0.4) is 0 Å². The minimum atomic E-state index is -0.151. The molecule has 0 aliphatic carbocycles. The molecule has 2 amide bonds. The van der Waals surface area contributed by atoms with Gasteiger partial charge < -0.3 is 14.8 Å². The summed E-state index contributed by atoms with van der Waals surface area (Å²) < 4.78 is 11.1. The Morgan fingerprint density at radius 1 is 1.13 bits per heavy atom. The molecule has 0 saturated carbocycles. The molecule has 2 aromatic rings. The Morgan fingerprint density at radius 2 is 1.83 bits per heavy atom. The number of nitrogens with zero attached hydrogens (tertiary/aromatic N) is 1. The number of ether oxygens (including phenoxy) is 2. The number of benzene rings is 2. The zero-order valence-electron chi connectivity index (χ0n) is 16.9. The predicted octanol–water partition coefficient (Wildman–Crippen LogP) is 3.51. The lowest BCUT2D eigenvalue weighted by Gasteiger charge is -2.10. The van der Waals surface area contributed by atoms with Gasteiger partial charge in [-0.2, -0.15) is 0 Å². The van der Waals surface area contributed by atoms with E-state index < -0.39 is 0 Å². The van der Waals surface area contributed by atoms with Gasteiger partial charge in [-0.25, -0.2) is 0 Å². The lowest BCUT2D eigenvalue weighted by molar-refractivity contribution is -0.121. The number of nitrogens with one attached hydrogen (secondary N) is 1. The molecule has 1 aliphatic heterocycles. The van der Waals surface area contributed by atoms with E-state index in [-0.39, 0.29) is 11.8 Å². The molecule has 1 N–H and O–H groups in total. The Labute approximate surface area is 185 Å². The van der Waals surface area contributed by atoms with E-state index in [2.05, 4.69) is 5.32 Å². The summed E-state index contributed by atoms with van der Waals surface area (Å²) in [6.07, 6.45) is 2.45. The second kappa shape index (κ2) is 9.77. The molecule has 0 atom stereocenters. The highest BCUT2D eigenvalue weighted by atomic mass is 32.2. The maximum absolute atomic E-state index is 12.4. The van der Waals surface area contributed by atoms with Gasteiger partial charge in [0.05, 0.1) is 19.1 Å². The third kappa shape index (κ3) is 5.01. The van der Waals surface area contributed by atoms with Crippen LogP contribution in [0.15, 0.2) is 47.4 Å². The predicted molar refractivity (Wildman–Crippen MR) is 123 cm³/mol. The van der Waals surface area contributed by atoms with E-state index in [1.807, 2.05) is 30.3 Å². The molecule has 156 valence electrons. The Kier molecular flexibility index (Phi) is 7.12. The first kappa shape index (κ1) is 21.9. The van der Waals surface area contributed by atoms with Gasteiger partial charge in [-0.1, -0.05) is 42.2 Å². The van der Waals surface area contributed by atoms with Gasteiger partial charge in [0.2, 0.25) is 0 Å². The summed E-state index contributed by atoms with van der Waals surface area (Å²) in [5, 5.41) is 2.92. The summed E-state index contributed by atoms with van der Waals surface area (Å²) in [7, 11) is 4.85. The normalized spacial score (nSPS) is 14.9. The van der Waals surface area contributed by atoms with Crippen molar-refractivity contribution >= 4 is 46.2 Å². The first-order valence-corrected chi connectivity index (χ1v) is 10.5. The number of methoxy groups -OCH3 is 2. The molecule has 0 bridgehead atoms. The second-order valence-electron chi connectivity index (χ2n) is 6.56. The highest BCUT2D eigenvalue weighted by Crippen LogP contribution is 2.31. The molecule has 1 fully saturated rings. The molecule has 0 unspecified atom stereocenters. The van der Waals surface area contributed by atoms with E-state index >= 15 is 0 Å². The van der Waals surface area contributed by atoms with Gasteiger partial charge in [0.1, 0.15) is 4.32 Å². The van der Waals surface area contributed by atoms with Crippen LogP contribution in [-0.4, -0.2) is 48.8 Å². The smallest absolute Gasteiger partial charge is 0.265 e. The average Bonchev–Trinajstić information content (AvgIpc) is 3.00. The minimum Gasteiger partial charge on any atom is -0.493 e. The highest BCUT2D eigenvalue weighted by Gasteiger charge is 2.28. The van der Waals surface area contributed by atoms with Crippen molar-refractivity contribution in [2.24, 2.45) is 0 Å². The van der Waals surface area contributed by atoms with Gasteiger partial charge in [0.15, 0.2) is 11.5 Å². The van der Waals surface area contributed by atoms with Gasteiger partial charge >= 0.3 is 0 Å². The Balaban J connectivity index is 1.56. The van der Waals surface area contributed by atoms with E-state index in [0.717, 1.165) is 11.1 Å². The van der Waals surface area contributed by atoms with E-state index in [1.54, 1.807) is 39.5 Å². The van der Waals surface area contributed by atoms with Crippen molar-refractivity contribution in [3.63, 3.8) is 0 Å². The van der Waals surface area contributed by atoms with Crippen molar-refractivity contribution in [3.05, 3.63) is 64.1 Å². The van der Waals surface area contributed by atoms with E-state index in [9.17, 15) is 9.59 Å². The minimum absolute atomic E-state index is 0.109. The fourth-order valence-corrected chi connectivity index (χ4v) is 4.07. The molecular formula is C22H22N2O4S2. The molecule has 8 heteroatoms. The van der Waals surface area contributed by atoms with Gasteiger partial charge in [0, 0.05) is 19.2 Å². The van der Waals surface area contributed by atoms with Gasteiger partial charge in [-0.05, 0) is 47.9 Å². The number of hydrogen-bond acceptors (Lipinski definition) is 6. The number of carbonyl (C=O) groups excluding carboxylic acids is 2. The van der Waals surface area contributed by atoms with E-state index in [0.29, 0.717) is 39.3 Å². The van der Waals surface area contributed by atoms with Crippen molar-refractivity contribution in [3.8, 4) is 11.5 Å². The third-order valence-electron chi connectivity index (χ3n) is 4.60. The topological polar surface area (TPSA) is 67.9 Å². The maximum atomic E-state index is 12.4. The van der Waals surface area contributed by atoms with Gasteiger partial charge in [-0.15, -0.1) is 0 Å². The van der Waals surface area contributed by atoms with Crippen LogP contribution >= 0.6 is 24.0 Å². The van der Waals surface area contributed by atoms with Gasteiger partial charge in [-0.3, -0.25) is 14.5 Å². The molecule has 6 nitrogen and oxygen atoms in total. The SMILES string of the molecule is COc1ccc(CCNC(=O)c2ccc(/C=C3/SC(=S)N(C)C3=O)cc2)cc1OC. The summed E-state index contributed by atoms with van der Waals surface area (Å²) in [6, 6.07) is 12.8. The number of amides is 2. The molecule has 30 heavy (non-hydrogen) atoms. The molecule has 0 radical (unpaired) electrons. The van der Waals surface area contributed by atoms with Crippen molar-refractivity contribution < 1.29 is 19.1 Å².